The van der Waals surface area contributed by atoms with E-state index in [1.54, 1.807) is 18.2 Å². The fraction of sp³-hybridized carbons (Fsp3) is 0.0769. The van der Waals surface area contributed by atoms with Crippen molar-refractivity contribution < 1.29 is 13.5 Å². The first-order valence-corrected chi connectivity index (χ1v) is 6.87. The van der Waals surface area contributed by atoms with Crippen LogP contribution in [0.2, 0.25) is 0 Å². The number of ether oxygens (including phenoxy) is 1. The summed E-state index contributed by atoms with van der Waals surface area (Å²) in [6.07, 6.45) is 0. The second-order valence-corrected chi connectivity index (χ2v) is 5.55. The van der Waals surface area contributed by atoms with Crippen LogP contribution in [0.15, 0.2) is 39.3 Å². The van der Waals surface area contributed by atoms with Gasteiger partial charge in [0.1, 0.15) is 12.4 Å². The topological polar surface area (TPSA) is 35.2 Å². The highest BCUT2D eigenvalue weighted by Gasteiger charge is 2.12. The number of rotatable bonds is 3. The zero-order chi connectivity index (χ0) is 14.0. The smallest absolute Gasteiger partial charge is 0.169 e. The van der Waals surface area contributed by atoms with Gasteiger partial charge in [0.2, 0.25) is 0 Å². The van der Waals surface area contributed by atoms with Crippen molar-refractivity contribution >= 4 is 37.5 Å². The van der Waals surface area contributed by atoms with Gasteiger partial charge in [0.05, 0.1) is 4.47 Å². The Morgan fingerprint density at radius 2 is 1.79 bits per heavy atom. The first-order valence-electron chi connectivity index (χ1n) is 5.28. The van der Waals surface area contributed by atoms with Crippen LogP contribution in [0.1, 0.15) is 5.56 Å². The highest BCUT2D eigenvalue weighted by molar-refractivity contribution is 9.10. The van der Waals surface area contributed by atoms with Gasteiger partial charge in [-0.3, -0.25) is 0 Å². The summed E-state index contributed by atoms with van der Waals surface area (Å²) in [4.78, 5) is 0. The van der Waals surface area contributed by atoms with Crippen molar-refractivity contribution in [2.75, 3.05) is 5.73 Å². The van der Waals surface area contributed by atoms with E-state index < -0.39 is 11.6 Å². The van der Waals surface area contributed by atoms with E-state index in [4.69, 9.17) is 10.5 Å². The Balaban J connectivity index is 2.19. The van der Waals surface area contributed by atoms with Crippen molar-refractivity contribution in [1.82, 2.24) is 0 Å². The molecule has 100 valence electrons. The molecular weight excluding hydrogens is 384 g/mol. The van der Waals surface area contributed by atoms with Gasteiger partial charge >= 0.3 is 0 Å². The van der Waals surface area contributed by atoms with Gasteiger partial charge < -0.3 is 10.5 Å². The molecule has 0 aliphatic rings. The summed E-state index contributed by atoms with van der Waals surface area (Å²) in [5.41, 5.74) is 7.05. The van der Waals surface area contributed by atoms with Crippen LogP contribution in [0.4, 0.5) is 14.5 Å². The highest BCUT2D eigenvalue weighted by Crippen LogP contribution is 2.30. The summed E-state index contributed by atoms with van der Waals surface area (Å²) in [7, 11) is 0. The normalized spacial score (nSPS) is 10.5. The number of anilines is 1. The van der Waals surface area contributed by atoms with Crippen LogP contribution in [-0.2, 0) is 6.61 Å². The van der Waals surface area contributed by atoms with E-state index in [0.29, 0.717) is 5.69 Å². The molecule has 0 aliphatic carbocycles. The molecule has 0 amide bonds. The number of halogens is 4. The fourth-order valence-corrected chi connectivity index (χ4v) is 2.53. The van der Waals surface area contributed by atoms with Crippen LogP contribution >= 0.6 is 31.9 Å². The first-order chi connectivity index (χ1) is 8.97. The molecule has 0 fully saturated rings. The van der Waals surface area contributed by atoms with Gasteiger partial charge in [0.25, 0.3) is 0 Å². The van der Waals surface area contributed by atoms with E-state index in [2.05, 4.69) is 31.9 Å². The Labute approximate surface area is 125 Å². The Kier molecular flexibility index (Phi) is 4.42. The van der Waals surface area contributed by atoms with Gasteiger partial charge in [0, 0.05) is 21.8 Å². The van der Waals surface area contributed by atoms with E-state index in [1.165, 1.54) is 0 Å². The average Bonchev–Trinajstić information content (AvgIpc) is 2.30. The zero-order valence-electron chi connectivity index (χ0n) is 9.59. The highest BCUT2D eigenvalue weighted by atomic mass is 79.9. The molecule has 2 aromatic carbocycles. The molecule has 0 atom stereocenters. The molecule has 2 N–H and O–H groups in total. The van der Waals surface area contributed by atoms with Crippen molar-refractivity contribution in [3.05, 3.63) is 56.5 Å². The van der Waals surface area contributed by atoms with Crippen LogP contribution in [0.25, 0.3) is 0 Å². The molecule has 0 saturated carbocycles. The summed E-state index contributed by atoms with van der Waals surface area (Å²) in [6.45, 7) is 0.141. The Morgan fingerprint density at radius 3 is 2.42 bits per heavy atom. The van der Waals surface area contributed by atoms with E-state index in [1.807, 2.05) is 0 Å². The monoisotopic (exact) mass is 391 g/mol. The third-order valence-corrected chi connectivity index (χ3v) is 3.74. The molecule has 0 aliphatic heterocycles. The first kappa shape index (κ1) is 14.3. The Hall–Kier alpha value is -1.14. The number of hydrogen-bond acceptors (Lipinski definition) is 2. The van der Waals surface area contributed by atoms with Crippen molar-refractivity contribution in [1.29, 1.82) is 0 Å². The number of nitrogens with two attached hydrogens (primary N) is 1. The quantitative estimate of drug-likeness (QED) is 0.771. The molecule has 6 heteroatoms. The van der Waals surface area contributed by atoms with Crippen LogP contribution in [0.3, 0.4) is 0 Å². The zero-order valence-corrected chi connectivity index (χ0v) is 12.8. The molecule has 0 bridgehead atoms. The number of hydrogen-bond donors (Lipinski definition) is 1. The van der Waals surface area contributed by atoms with Gasteiger partial charge in [-0.15, -0.1) is 0 Å². The van der Waals surface area contributed by atoms with E-state index in [9.17, 15) is 8.78 Å². The average molecular weight is 393 g/mol. The predicted octanol–water partition coefficient (Wildman–Crippen LogP) is 4.65. The van der Waals surface area contributed by atoms with Crippen molar-refractivity contribution in [3.63, 3.8) is 0 Å². The van der Waals surface area contributed by atoms with Gasteiger partial charge in [-0.25, -0.2) is 8.78 Å². The molecule has 0 unspecified atom stereocenters. The minimum absolute atomic E-state index is 0.0230. The van der Waals surface area contributed by atoms with Crippen LogP contribution < -0.4 is 10.5 Å². The molecule has 0 radical (unpaired) electrons. The summed E-state index contributed by atoms with van der Waals surface area (Å²) in [5.74, 6) is -1.44. The lowest BCUT2D eigenvalue weighted by Crippen LogP contribution is -2.00. The third kappa shape index (κ3) is 3.45. The van der Waals surface area contributed by atoms with Crippen LogP contribution in [0, 0.1) is 11.6 Å². The second kappa shape index (κ2) is 5.88. The molecular formula is C13H9Br2F2NO. The largest absolute Gasteiger partial charge is 0.485 e. The van der Waals surface area contributed by atoms with E-state index in [0.717, 1.165) is 22.2 Å². The van der Waals surface area contributed by atoms with Crippen LogP contribution in [-0.4, -0.2) is 0 Å². The lowest BCUT2D eigenvalue weighted by molar-refractivity contribution is 0.286. The lowest BCUT2D eigenvalue weighted by Gasteiger charge is -2.11. The van der Waals surface area contributed by atoms with E-state index in [-0.39, 0.29) is 16.8 Å². The van der Waals surface area contributed by atoms with Gasteiger partial charge in [-0.05, 0) is 34.1 Å². The minimum Gasteiger partial charge on any atom is -0.485 e. The Bertz CT molecular complexity index is 597. The SMILES string of the molecule is Nc1ccc(COc2c(F)cc(F)cc2Br)c(Br)c1. The second-order valence-electron chi connectivity index (χ2n) is 3.84. The van der Waals surface area contributed by atoms with Gasteiger partial charge in [-0.1, -0.05) is 22.0 Å². The maximum Gasteiger partial charge on any atom is 0.169 e. The van der Waals surface area contributed by atoms with Crippen molar-refractivity contribution in [2.45, 2.75) is 6.61 Å². The Morgan fingerprint density at radius 1 is 1.05 bits per heavy atom. The minimum atomic E-state index is -0.751. The summed E-state index contributed by atoms with van der Waals surface area (Å²) in [6, 6.07) is 7.15. The molecule has 0 saturated heterocycles. The number of benzene rings is 2. The molecule has 0 spiro atoms. The summed E-state index contributed by atoms with van der Waals surface area (Å²) in [5, 5.41) is 0. The molecule has 19 heavy (non-hydrogen) atoms. The molecule has 0 aromatic heterocycles. The number of nitrogen functional groups attached to an aromatic ring is 1. The van der Waals surface area contributed by atoms with Crippen LogP contribution in [0.5, 0.6) is 5.75 Å². The summed E-state index contributed by atoms with van der Waals surface area (Å²) < 4.78 is 32.9. The lowest BCUT2D eigenvalue weighted by atomic mass is 10.2. The van der Waals surface area contributed by atoms with Crippen molar-refractivity contribution in [3.8, 4) is 5.75 Å². The summed E-state index contributed by atoms with van der Waals surface area (Å²) >= 11 is 6.41. The molecule has 2 rings (SSSR count). The third-order valence-electron chi connectivity index (χ3n) is 2.41. The maximum absolute atomic E-state index is 13.6. The fourth-order valence-electron chi connectivity index (χ4n) is 1.50. The molecule has 2 aromatic rings. The standard InChI is InChI=1S/C13H9Br2F2NO/c14-10-5-9(18)2-1-7(10)6-19-13-11(15)3-8(16)4-12(13)17/h1-5H,6,18H2. The predicted molar refractivity (Wildman–Crippen MR) is 76.9 cm³/mol. The molecule has 2 nitrogen and oxygen atoms in total. The molecule has 0 heterocycles. The van der Waals surface area contributed by atoms with Gasteiger partial charge in [0.15, 0.2) is 11.6 Å². The maximum atomic E-state index is 13.6. The van der Waals surface area contributed by atoms with Gasteiger partial charge in [-0.2, -0.15) is 0 Å². The van der Waals surface area contributed by atoms with Crippen molar-refractivity contribution in [2.24, 2.45) is 0 Å². The van der Waals surface area contributed by atoms with E-state index >= 15 is 0 Å².